The highest BCUT2D eigenvalue weighted by Gasteiger charge is 2.20. The van der Waals surface area contributed by atoms with Crippen molar-refractivity contribution in [2.24, 2.45) is 0 Å². The first kappa shape index (κ1) is 22.8. The topological polar surface area (TPSA) is 46.9 Å². The van der Waals surface area contributed by atoms with E-state index in [9.17, 15) is 4.79 Å². The molecule has 0 saturated heterocycles. The number of nitrogens with zero attached hydrogens (tertiary/aromatic N) is 2. The maximum absolute atomic E-state index is 13.0. The van der Waals surface area contributed by atoms with Crippen molar-refractivity contribution >= 4 is 16.9 Å². The number of hydrogen-bond donors (Lipinski definition) is 1. The summed E-state index contributed by atoms with van der Waals surface area (Å²) < 4.78 is 2.22. The second kappa shape index (κ2) is 9.62. The number of rotatable bonds is 7. The molecule has 4 aromatic rings. The molecule has 170 valence electrons. The van der Waals surface area contributed by atoms with Crippen molar-refractivity contribution in [3.8, 4) is 0 Å². The number of aryl methyl sites for hydroxylation is 2. The zero-order valence-corrected chi connectivity index (χ0v) is 20.2. The van der Waals surface area contributed by atoms with Crippen LogP contribution in [-0.4, -0.2) is 15.5 Å². The molecule has 33 heavy (non-hydrogen) atoms. The minimum Gasteiger partial charge on any atom is -0.342 e. The lowest BCUT2D eigenvalue weighted by Gasteiger charge is -2.18. The molecule has 4 nitrogen and oxygen atoms in total. The quantitative estimate of drug-likeness (QED) is 0.348. The minimum atomic E-state index is -0.231. The zero-order chi connectivity index (χ0) is 23.5. The summed E-state index contributed by atoms with van der Waals surface area (Å²) in [6, 6.07) is 22.7. The van der Waals surface area contributed by atoms with E-state index in [4.69, 9.17) is 4.98 Å². The Morgan fingerprint density at radius 2 is 1.73 bits per heavy atom. The van der Waals surface area contributed by atoms with Gasteiger partial charge in [-0.3, -0.25) is 4.79 Å². The van der Waals surface area contributed by atoms with Crippen LogP contribution in [0.2, 0.25) is 0 Å². The molecule has 1 amide bonds. The third-order valence-electron chi connectivity index (χ3n) is 6.55. The van der Waals surface area contributed by atoms with E-state index in [0.29, 0.717) is 18.0 Å². The van der Waals surface area contributed by atoms with Crippen LogP contribution in [0.25, 0.3) is 11.0 Å². The lowest BCUT2D eigenvalue weighted by atomic mass is 9.97. The van der Waals surface area contributed by atoms with Gasteiger partial charge in [0, 0.05) is 12.1 Å². The molecule has 0 saturated carbocycles. The number of para-hydroxylation sites is 2. The average molecular weight is 440 g/mol. The molecule has 4 heteroatoms. The van der Waals surface area contributed by atoms with Gasteiger partial charge in [0.05, 0.1) is 17.1 Å². The van der Waals surface area contributed by atoms with Gasteiger partial charge in [0.1, 0.15) is 5.82 Å². The molecule has 0 bridgehead atoms. The van der Waals surface area contributed by atoms with Gasteiger partial charge in [0.25, 0.3) is 5.91 Å². The van der Waals surface area contributed by atoms with Crippen LogP contribution in [0.5, 0.6) is 0 Å². The number of benzene rings is 3. The lowest BCUT2D eigenvalue weighted by molar-refractivity contribution is 0.0937. The Balaban J connectivity index is 1.63. The highest BCUT2D eigenvalue weighted by atomic mass is 16.1. The average Bonchev–Trinajstić information content (AvgIpc) is 3.17. The van der Waals surface area contributed by atoms with Gasteiger partial charge in [-0.1, -0.05) is 67.9 Å². The van der Waals surface area contributed by atoms with Crippen LogP contribution in [-0.2, 0) is 6.54 Å². The third kappa shape index (κ3) is 4.85. The number of fused-ring (bicyclic) bond motifs is 1. The number of imidazole rings is 1. The molecule has 0 radical (unpaired) electrons. The van der Waals surface area contributed by atoms with Crippen LogP contribution in [0.3, 0.4) is 0 Å². The molecule has 0 aliphatic rings. The van der Waals surface area contributed by atoms with E-state index >= 15 is 0 Å². The molecule has 1 aromatic heterocycles. The summed E-state index contributed by atoms with van der Waals surface area (Å²) in [5, 5.41) is 3.17. The second-order valence-corrected chi connectivity index (χ2v) is 9.11. The van der Waals surface area contributed by atoms with Crippen LogP contribution < -0.4 is 5.32 Å². The highest BCUT2D eigenvalue weighted by Crippen LogP contribution is 2.24. The first-order valence-electron chi connectivity index (χ1n) is 11.8. The van der Waals surface area contributed by atoms with Gasteiger partial charge in [-0.05, 0) is 68.0 Å². The molecule has 0 fully saturated rings. The van der Waals surface area contributed by atoms with Crippen molar-refractivity contribution in [2.45, 2.75) is 59.5 Å². The van der Waals surface area contributed by atoms with Crippen molar-refractivity contribution < 1.29 is 4.79 Å². The second-order valence-electron chi connectivity index (χ2n) is 9.11. The third-order valence-corrected chi connectivity index (χ3v) is 6.55. The summed E-state index contributed by atoms with van der Waals surface area (Å²) in [6.07, 6.45) is 1.13. The standard InChI is InChI=1S/C29H33N3O/c1-6-20(3)24-14-12-23(13-15-24)18-32-27-10-8-7-9-26(27)31-28(32)22(5)30-29(33)25-16-11-19(2)17-21(25)4/h7-17,20,22H,6,18H2,1-5H3,(H,30,33). The molecular formula is C29H33N3O. The predicted molar refractivity (Wildman–Crippen MR) is 136 cm³/mol. The van der Waals surface area contributed by atoms with E-state index in [1.54, 1.807) is 0 Å². The van der Waals surface area contributed by atoms with E-state index in [-0.39, 0.29) is 11.9 Å². The van der Waals surface area contributed by atoms with Gasteiger partial charge in [-0.2, -0.15) is 0 Å². The maximum atomic E-state index is 13.0. The lowest BCUT2D eigenvalue weighted by Crippen LogP contribution is -2.29. The van der Waals surface area contributed by atoms with Crippen LogP contribution in [0.4, 0.5) is 0 Å². The van der Waals surface area contributed by atoms with Crippen molar-refractivity contribution in [1.29, 1.82) is 0 Å². The first-order valence-corrected chi connectivity index (χ1v) is 11.8. The number of nitrogens with one attached hydrogen (secondary N) is 1. The van der Waals surface area contributed by atoms with Crippen molar-refractivity contribution in [1.82, 2.24) is 14.9 Å². The van der Waals surface area contributed by atoms with Crippen LogP contribution in [0.15, 0.2) is 66.7 Å². The molecule has 0 aliphatic heterocycles. The first-order chi connectivity index (χ1) is 15.9. The van der Waals surface area contributed by atoms with E-state index in [0.717, 1.165) is 34.4 Å². The van der Waals surface area contributed by atoms with Crippen LogP contribution in [0.1, 0.15) is 77.6 Å². The molecule has 2 atom stereocenters. The Bertz CT molecular complexity index is 1270. The molecule has 3 aromatic carbocycles. The summed E-state index contributed by atoms with van der Waals surface area (Å²) in [5.41, 5.74) is 7.44. The van der Waals surface area contributed by atoms with Gasteiger partial charge in [-0.15, -0.1) is 0 Å². The molecule has 1 heterocycles. The molecule has 2 unspecified atom stereocenters. The van der Waals surface area contributed by atoms with Crippen molar-refractivity contribution in [2.75, 3.05) is 0 Å². The van der Waals surface area contributed by atoms with Gasteiger partial charge in [-0.25, -0.2) is 4.98 Å². The number of carbonyl (C=O) groups excluding carboxylic acids is 1. The Labute approximate surface area is 196 Å². The number of hydrogen-bond acceptors (Lipinski definition) is 2. The fraction of sp³-hybridized carbons (Fsp3) is 0.310. The van der Waals surface area contributed by atoms with Gasteiger partial charge >= 0.3 is 0 Å². The van der Waals surface area contributed by atoms with Crippen molar-refractivity contribution in [3.63, 3.8) is 0 Å². The van der Waals surface area contributed by atoms with E-state index in [1.165, 1.54) is 11.1 Å². The Morgan fingerprint density at radius 3 is 2.42 bits per heavy atom. The maximum Gasteiger partial charge on any atom is 0.252 e. The number of aromatic nitrogens is 2. The van der Waals surface area contributed by atoms with E-state index in [2.05, 4.69) is 54.1 Å². The highest BCUT2D eigenvalue weighted by molar-refractivity contribution is 5.96. The number of amides is 1. The summed E-state index contributed by atoms with van der Waals surface area (Å²) in [4.78, 5) is 17.9. The van der Waals surface area contributed by atoms with Crippen molar-refractivity contribution in [3.05, 3.63) is 100 Å². The molecule has 1 N–H and O–H groups in total. The van der Waals surface area contributed by atoms with Gasteiger partial charge in [0.2, 0.25) is 0 Å². The fourth-order valence-electron chi connectivity index (χ4n) is 4.37. The number of carbonyl (C=O) groups is 1. The largest absolute Gasteiger partial charge is 0.342 e. The minimum absolute atomic E-state index is 0.0727. The molecular weight excluding hydrogens is 406 g/mol. The zero-order valence-electron chi connectivity index (χ0n) is 20.2. The summed E-state index contributed by atoms with van der Waals surface area (Å²) in [6.45, 7) is 11.2. The van der Waals surface area contributed by atoms with Gasteiger partial charge < -0.3 is 9.88 Å². The Morgan fingerprint density at radius 1 is 1.00 bits per heavy atom. The molecule has 4 rings (SSSR count). The van der Waals surface area contributed by atoms with E-state index < -0.39 is 0 Å². The SMILES string of the molecule is CCC(C)c1ccc(Cn2c(C(C)NC(=O)c3ccc(C)cc3C)nc3ccccc32)cc1. The summed E-state index contributed by atoms with van der Waals surface area (Å²) in [5.74, 6) is 1.35. The smallest absolute Gasteiger partial charge is 0.252 e. The predicted octanol–water partition coefficient (Wildman–Crippen LogP) is 6.71. The van der Waals surface area contributed by atoms with Gasteiger partial charge in [0.15, 0.2) is 0 Å². The van der Waals surface area contributed by atoms with E-state index in [1.807, 2.05) is 57.2 Å². The summed E-state index contributed by atoms with van der Waals surface area (Å²) in [7, 11) is 0. The normalized spacial score (nSPS) is 13.1. The Kier molecular flexibility index (Phi) is 6.64. The Hall–Kier alpha value is -3.40. The monoisotopic (exact) mass is 439 g/mol. The summed E-state index contributed by atoms with van der Waals surface area (Å²) >= 11 is 0. The molecule has 0 spiro atoms. The van der Waals surface area contributed by atoms with Crippen LogP contribution in [0, 0.1) is 13.8 Å². The molecule has 0 aliphatic carbocycles. The fourth-order valence-corrected chi connectivity index (χ4v) is 4.37. The van der Waals surface area contributed by atoms with Crippen LogP contribution >= 0.6 is 0 Å².